The summed E-state index contributed by atoms with van der Waals surface area (Å²) >= 11 is 0. The van der Waals surface area contributed by atoms with Crippen LogP contribution in [0.15, 0.2) is 0 Å². The van der Waals surface area contributed by atoms with Gasteiger partial charge in [0.15, 0.2) is 0 Å². The van der Waals surface area contributed by atoms with E-state index in [9.17, 15) is 0 Å². The fraction of sp³-hybridized carbons (Fsp3) is 1.00. The standard InChI is InChI=1S/C8H17N/c1-2-7-3-4-8(5-7)6-9/h7-8H,2-6,9H2,1H3/t7-,8-/m0/s1. The van der Waals surface area contributed by atoms with Crippen LogP contribution in [0.25, 0.3) is 0 Å². The molecule has 0 aromatic rings. The molecule has 0 heterocycles. The van der Waals surface area contributed by atoms with Gasteiger partial charge in [0.1, 0.15) is 0 Å². The summed E-state index contributed by atoms with van der Waals surface area (Å²) in [4.78, 5) is 0. The minimum Gasteiger partial charge on any atom is -0.330 e. The predicted molar refractivity (Wildman–Crippen MR) is 40.2 cm³/mol. The third kappa shape index (κ3) is 1.68. The van der Waals surface area contributed by atoms with Crippen molar-refractivity contribution >= 4 is 0 Å². The van der Waals surface area contributed by atoms with Gasteiger partial charge in [-0.25, -0.2) is 0 Å². The maximum absolute atomic E-state index is 5.55. The maximum atomic E-state index is 5.55. The van der Waals surface area contributed by atoms with E-state index in [2.05, 4.69) is 6.92 Å². The van der Waals surface area contributed by atoms with E-state index in [0.29, 0.717) is 0 Å². The second kappa shape index (κ2) is 3.21. The highest BCUT2D eigenvalue weighted by Gasteiger charge is 2.21. The summed E-state index contributed by atoms with van der Waals surface area (Å²) in [5.41, 5.74) is 5.55. The molecule has 0 aromatic carbocycles. The third-order valence-corrected chi connectivity index (χ3v) is 2.56. The van der Waals surface area contributed by atoms with Crippen molar-refractivity contribution in [1.82, 2.24) is 0 Å². The largest absolute Gasteiger partial charge is 0.330 e. The van der Waals surface area contributed by atoms with E-state index < -0.39 is 0 Å². The molecule has 2 N–H and O–H groups in total. The van der Waals surface area contributed by atoms with Crippen LogP contribution < -0.4 is 5.73 Å². The van der Waals surface area contributed by atoms with E-state index in [1.165, 1.54) is 25.7 Å². The Balaban J connectivity index is 2.20. The van der Waals surface area contributed by atoms with Gasteiger partial charge in [-0.05, 0) is 31.2 Å². The topological polar surface area (TPSA) is 26.0 Å². The Labute approximate surface area is 57.6 Å². The Morgan fingerprint density at radius 3 is 2.33 bits per heavy atom. The summed E-state index contributed by atoms with van der Waals surface area (Å²) in [7, 11) is 0. The smallest absolute Gasteiger partial charge is 0.00488 e. The fourth-order valence-corrected chi connectivity index (χ4v) is 1.76. The van der Waals surface area contributed by atoms with E-state index >= 15 is 0 Å². The van der Waals surface area contributed by atoms with Crippen molar-refractivity contribution in [2.45, 2.75) is 32.6 Å². The van der Waals surface area contributed by atoms with Crippen molar-refractivity contribution in [1.29, 1.82) is 0 Å². The number of hydrogen-bond acceptors (Lipinski definition) is 1. The molecular formula is C8H17N. The fourth-order valence-electron chi connectivity index (χ4n) is 1.76. The van der Waals surface area contributed by atoms with Crippen LogP contribution in [0.4, 0.5) is 0 Å². The van der Waals surface area contributed by atoms with E-state index in [-0.39, 0.29) is 0 Å². The zero-order chi connectivity index (χ0) is 6.69. The van der Waals surface area contributed by atoms with Gasteiger partial charge in [-0.1, -0.05) is 19.8 Å². The van der Waals surface area contributed by atoms with Gasteiger partial charge in [0, 0.05) is 0 Å². The second-order valence-electron chi connectivity index (χ2n) is 3.19. The van der Waals surface area contributed by atoms with E-state index in [1.807, 2.05) is 0 Å². The van der Waals surface area contributed by atoms with E-state index in [1.54, 1.807) is 0 Å². The Bertz CT molecular complexity index is 70.6. The summed E-state index contributed by atoms with van der Waals surface area (Å²) in [6.07, 6.45) is 5.57. The molecule has 2 atom stereocenters. The second-order valence-corrected chi connectivity index (χ2v) is 3.19. The lowest BCUT2D eigenvalue weighted by atomic mass is 10.0. The summed E-state index contributed by atoms with van der Waals surface area (Å²) in [5.74, 6) is 1.86. The van der Waals surface area contributed by atoms with Gasteiger partial charge in [-0.3, -0.25) is 0 Å². The first-order valence-corrected chi connectivity index (χ1v) is 4.06. The lowest BCUT2D eigenvalue weighted by molar-refractivity contribution is 0.486. The minimum absolute atomic E-state index is 0.856. The van der Waals surface area contributed by atoms with Crippen molar-refractivity contribution < 1.29 is 0 Å². The molecule has 0 amide bonds. The first-order valence-electron chi connectivity index (χ1n) is 4.06. The molecule has 1 heteroatoms. The van der Waals surface area contributed by atoms with Crippen LogP contribution in [0.2, 0.25) is 0 Å². The summed E-state index contributed by atoms with van der Waals surface area (Å²) in [6.45, 7) is 3.19. The molecule has 0 radical (unpaired) electrons. The van der Waals surface area contributed by atoms with Gasteiger partial charge in [0.05, 0.1) is 0 Å². The number of nitrogens with two attached hydrogens (primary N) is 1. The van der Waals surface area contributed by atoms with Gasteiger partial charge in [-0.15, -0.1) is 0 Å². The van der Waals surface area contributed by atoms with Gasteiger partial charge >= 0.3 is 0 Å². The molecule has 0 saturated heterocycles. The van der Waals surface area contributed by atoms with Gasteiger partial charge in [0.25, 0.3) is 0 Å². The van der Waals surface area contributed by atoms with Gasteiger partial charge in [0.2, 0.25) is 0 Å². The lowest BCUT2D eigenvalue weighted by Gasteiger charge is -2.05. The van der Waals surface area contributed by atoms with Crippen LogP contribution in [0.5, 0.6) is 0 Å². The molecule has 1 aliphatic carbocycles. The molecule has 0 unspecified atom stereocenters. The highest BCUT2D eigenvalue weighted by molar-refractivity contribution is 4.74. The molecule has 54 valence electrons. The maximum Gasteiger partial charge on any atom is -0.00488 e. The molecule has 1 nitrogen and oxygen atoms in total. The SMILES string of the molecule is CC[C@H]1CC[C@H](CN)C1. The molecule has 1 aliphatic rings. The number of hydrogen-bond donors (Lipinski definition) is 1. The van der Waals surface area contributed by atoms with Crippen LogP contribution in [-0.4, -0.2) is 6.54 Å². The Kier molecular flexibility index (Phi) is 2.52. The molecular weight excluding hydrogens is 110 g/mol. The Morgan fingerprint density at radius 1 is 1.33 bits per heavy atom. The predicted octanol–water partition coefficient (Wildman–Crippen LogP) is 1.77. The van der Waals surface area contributed by atoms with Crippen molar-refractivity contribution in [2.75, 3.05) is 6.54 Å². The average Bonchev–Trinajstić information content (AvgIpc) is 2.34. The quantitative estimate of drug-likeness (QED) is 0.601. The van der Waals surface area contributed by atoms with Crippen LogP contribution in [0.3, 0.4) is 0 Å². The normalized spacial score (nSPS) is 35.3. The first-order chi connectivity index (χ1) is 4.36. The highest BCUT2D eigenvalue weighted by Crippen LogP contribution is 2.31. The lowest BCUT2D eigenvalue weighted by Crippen LogP contribution is -2.10. The van der Waals surface area contributed by atoms with Gasteiger partial charge in [-0.2, -0.15) is 0 Å². The van der Waals surface area contributed by atoms with Crippen molar-refractivity contribution in [3.8, 4) is 0 Å². The molecule has 0 spiro atoms. The van der Waals surface area contributed by atoms with Crippen LogP contribution in [0.1, 0.15) is 32.6 Å². The minimum atomic E-state index is 0.856. The summed E-state index contributed by atoms with van der Waals surface area (Å²) < 4.78 is 0. The monoisotopic (exact) mass is 127 g/mol. The first kappa shape index (κ1) is 7.07. The summed E-state index contributed by atoms with van der Waals surface area (Å²) in [5, 5.41) is 0. The molecule has 0 aliphatic heterocycles. The van der Waals surface area contributed by atoms with Crippen LogP contribution >= 0.6 is 0 Å². The highest BCUT2D eigenvalue weighted by atomic mass is 14.6. The van der Waals surface area contributed by atoms with Crippen molar-refractivity contribution in [3.05, 3.63) is 0 Å². The van der Waals surface area contributed by atoms with E-state index in [0.717, 1.165) is 18.4 Å². The Morgan fingerprint density at radius 2 is 2.00 bits per heavy atom. The molecule has 1 saturated carbocycles. The van der Waals surface area contributed by atoms with Crippen LogP contribution in [-0.2, 0) is 0 Å². The van der Waals surface area contributed by atoms with Crippen molar-refractivity contribution in [3.63, 3.8) is 0 Å². The Hall–Kier alpha value is -0.0400. The zero-order valence-corrected chi connectivity index (χ0v) is 6.27. The molecule has 9 heavy (non-hydrogen) atoms. The van der Waals surface area contributed by atoms with Crippen molar-refractivity contribution in [2.24, 2.45) is 17.6 Å². The van der Waals surface area contributed by atoms with E-state index in [4.69, 9.17) is 5.73 Å². The van der Waals surface area contributed by atoms with Gasteiger partial charge < -0.3 is 5.73 Å². The zero-order valence-electron chi connectivity index (χ0n) is 6.27. The molecule has 0 aromatic heterocycles. The molecule has 1 rings (SSSR count). The summed E-state index contributed by atoms with van der Waals surface area (Å²) in [6, 6.07) is 0. The molecule has 0 bridgehead atoms. The molecule has 1 fully saturated rings. The third-order valence-electron chi connectivity index (χ3n) is 2.56. The number of rotatable bonds is 2. The van der Waals surface area contributed by atoms with Crippen LogP contribution in [0, 0.1) is 11.8 Å². The average molecular weight is 127 g/mol.